The van der Waals surface area contributed by atoms with Crippen molar-refractivity contribution in [1.82, 2.24) is 4.98 Å². The van der Waals surface area contributed by atoms with Crippen LogP contribution in [-0.2, 0) is 0 Å². The molecule has 0 spiro atoms. The second kappa shape index (κ2) is 4.84. The van der Waals surface area contributed by atoms with Crippen molar-refractivity contribution < 1.29 is 0 Å². The molecular formula is C8H11BrN2S. The third-order valence-corrected chi connectivity index (χ3v) is 3.40. The van der Waals surface area contributed by atoms with Gasteiger partial charge in [0.05, 0.1) is 0 Å². The Labute approximate surface area is 85.1 Å². The molecule has 1 atom stereocenters. The summed E-state index contributed by atoms with van der Waals surface area (Å²) >= 11 is 5.09. The molecule has 66 valence electrons. The third kappa shape index (κ3) is 3.13. The highest BCUT2D eigenvalue weighted by Gasteiger charge is 2.01. The molecule has 1 aromatic rings. The lowest BCUT2D eigenvalue weighted by Crippen LogP contribution is -2.17. The van der Waals surface area contributed by atoms with Crippen molar-refractivity contribution in [2.45, 2.75) is 18.0 Å². The van der Waals surface area contributed by atoms with Crippen LogP contribution in [0.15, 0.2) is 27.8 Å². The van der Waals surface area contributed by atoms with Gasteiger partial charge in [-0.1, -0.05) is 0 Å². The van der Waals surface area contributed by atoms with Gasteiger partial charge in [0.25, 0.3) is 0 Å². The Hall–Kier alpha value is -0.0600. The van der Waals surface area contributed by atoms with Gasteiger partial charge < -0.3 is 5.73 Å². The van der Waals surface area contributed by atoms with Crippen molar-refractivity contribution in [1.29, 1.82) is 0 Å². The fraction of sp³-hybridized carbons (Fsp3) is 0.375. The molecule has 0 aliphatic rings. The second-order valence-corrected chi connectivity index (χ2v) is 4.44. The monoisotopic (exact) mass is 246 g/mol. The number of rotatable bonds is 3. The first-order valence-electron chi connectivity index (χ1n) is 3.69. The number of halogens is 1. The van der Waals surface area contributed by atoms with E-state index in [2.05, 4.69) is 20.9 Å². The van der Waals surface area contributed by atoms with E-state index in [1.165, 1.54) is 0 Å². The Balaban J connectivity index is 2.57. The van der Waals surface area contributed by atoms with E-state index in [0.29, 0.717) is 0 Å². The third-order valence-electron chi connectivity index (χ3n) is 1.21. The molecule has 0 aromatic carbocycles. The number of pyridine rings is 1. The van der Waals surface area contributed by atoms with E-state index >= 15 is 0 Å². The van der Waals surface area contributed by atoms with Crippen molar-refractivity contribution in [3.63, 3.8) is 0 Å². The van der Waals surface area contributed by atoms with Crippen LogP contribution in [0.1, 0.15) is 6.92 Å². The maximum Gasteiger partial charge on any atom is 0.110 e. The van der Waals surface area contributed by atoms with Crippen molar-refractivity contribution in [3.05, 3.63) is 22.8 Å². The lowest BCUT2D eigenvalue weighted by Gasteiger charge is -2.04. The van der Waals surface area contributed by atoms with E-state index in [-0.39, 0.29) is 6.04 Å². The minimum atomic E-state index is 0.212. The topological polar surface area (TPSA) is 38.9 Å². The lowest BCUT2D eigenvalue weighted by molar-refractivity contribution is 0.845. The molecule has 0 unspecified atom stereocenters. The fourth-order valence-corrected chi connectivity index (χ4v) is 2.05. The lowest BCUT2D eigenvalue weighted by atomic mass is 10.4. The minimum Gasteiger partial charge on any atom is -0.327 e. The first-order chi connectivity index (χ1) is 5.70. The Morgan fingerprint density at radius 3 is 3.08 bits per heavy atom. The molecule has 1 rings (SSSR count). The molecule has 0 aliphatic heterocycles. The van der Waals surface area contributed by atoms with Crippen LogP contribution in [-0.4, -0.2) is 16.8 Å². The molecule has 0 saturated carbocycles. The quantitative estimate of drug-likeness (QED) is 0.833. The molecule has 0 bridgehead atoms. The Morgan fingerprint density at radius 1 is 1.75 bits per heavy atom. The average molecular weight is 247 g/mol. The predicted molar refractivity (Wildman–Crippen MR) is 56.3 cm³/mol. The summed E-state index contributed by atoms with van der Waals surface area (Å²) in [6, 6.07) is 4.10. The molecule has 0 aliphatic carbocycles. The van der Waals surface area contributed by atoms with Crippen LogP contribution >= 0.6 is 27.7 Å². The Morgan fingerprint density at radius 2 is 2.50 bits per heavy atom. The van der Waals surface area contributed by atoms with Crippen LogP contribution in [0.2, 0.25) is 0 Å². The smallest absolute Gasteiger partial charge is 0.110 e. The van der Waals surface area contributed by atoms with Crippen LogP contribution in [0.3, 0.4) is 0 Å². The Kier molecular flexibility index (Phi) is 4.05. The number of hydrogen-bond donors (Lipinski definition) is 1. The van der Waals surface area contributed by atoms with Gasteiger partial charge in [-0.05, 0) is 35.0 Å². The summed E-state index contributed by atoms with van der Waals surface area (Å²) in [6.45, 7) is 1.99. The summed E-state index contributed by atoms with van der Waals surface area (Å²) in [7, 11) is 0. The van der Waals surface area contributed by atoms with E-state index in [0.717, 1.165) is 15.3 Å². The molecule has 2 nitrogen and oxygen atoms in total. The van der Waals surface area contributed by atoms with Crippen LogP contribution in [0.4, 0.5) is 0 Å². The molecule has 1 aromatic heterocycles. The molecule has 2 N–H and O–H groups in total. The maximum absolute atomic E-state index is 5.63. The standard InChI is InChI=1S/C8H11BrN2S/c1-6(10)5-12-8-7(9)3-2-4-11-8/h2-4,6H,5,10H2,1H3/t6-/m1/s1. The van der Waals surface area contributed by atoms with Gasteiger partial charge in [-0.2, -0.15) is 0 Å². The van der Waals surface area contributed by atoms with E-state index in [9.17, 15) is 0 Å². The molecule has 0 fully saturated rings. The first-order valence-corrected chi connectivity index (χ1v) is 5.47. The zero-order chi connectivity index (χ0) is 8.97. The van der Waals surface area contributed by atoms with Crippen LogP contribution in [0.25, 0.3) is 0 Å². The SMILES string of the molecule is C[C@@H](N)CSc1ncccc1Br. The van der Waals surface area contributed by atoms with Crippen LogP contribution in [0, 0.1) is 0 Å². The zero-order valence-electron chi connectivity index (χ0n) is 6.83. The van der Waals surface area contributed by atoms with Gasteiger partial charge in [0.1, 0.15) is 5.03 Å². The number of hydrogen-bond acceptors (Lipinski definition) is 3. The summed E-state index contributed by atoms with van der Waals surface area (Å²) in [5, 5.41) is 1.01. The van der Waals surface area contributed by atoms with Crippen molar-refractivity contribution in [2.75, 3.05) is 5.75 Å². The van der Waals surface area contributed by atoms with Crippen molar-refractivity contribution >= 4 is 27.7 Å². The largest absolute Gasteiger partial charge is 0.327 e. The van der Waals surface area contributed by atoms with E-state index < -0.39 is 0 Å². The number of aromatic nitrogens is 1. The van der Waals surface area contributed by atoms with Gasteiger partial charge in [0.15, 0.2) is 0 Å². The normalized spacial score (nSPS) is 12.9. The highest BCUT2D eigenvalue weighted by molar-refractivity contribution is 9.10. The molecule has 0 radical (unpaired) electrons. The fourth-order valence-electron chi connectivity index (χ4n) is 0.688. The molecule has 4 heteroatoms. The molecule has 0 amide bonds. The van der Waals surface area contributed by atoms with Crippen LogP contribution in [0.5, 0.6) is 0 Å². The molecular weight excluding hydrogens is 236 g/mol. The predicted octanol–water partition coefficient (Wildman–Crippen LogP) is 2.28. The minimum absolute atomic E-state index is 0.212. The summed E-state index contributed by atoms with van der Waals surface area (Å²) < 4.78 is 1.04. The van der Waals surface area contributed by atoms with Gasteiger partial charge in [0, 0.05) is 22.5 Å². The maximum atomic E-state index is 5.63. The molecule has 0 saturated heterocycles. The Bertz CT molecular complexity index is 253. The van der Waals surface area contributed by atoms with Gasteiger partial charge in [-0.3, -0.25) is 0 Å². The highest BCUT2D eigenvalue weighted by Crippen LogP contribution is 2.24. The summed E-state index contributed by atoms with van der Waals surface area (Å²) in [4.78, 5) is 4.21. The number of nitrogens with two attached hydrogens (primary N) is 1. The van der Waals surface area contributed by atoms with Crippen molar-refractivity contribution in [2.24, 2.45) is 5.73 Å². The van der Waals surface area contributed by atoms with E-state index in [4.69, 9.17) is 5.73 Å². The second-order valence-electron chi connectivity index (χ2n) is 2.58. The molecule has 12 heavy (non-hydrogen) atoms. The number of thioether (sulfide) groups is 1. The summed E-state index contributed by atoms with van der Waals surface area (Å²) in [6.07, 6.45) is 1.79. The zero-order valence-corrected chi connectivity index (χ0v) is 9.23. The van der Waals surface area contributed by atoms with E-state index in [1.807, 2.05) is 19.1 Å². The van der Waals surface area contributed by atoms with Gasteiger partial charge >= 0.3 is 0 Å². The highest BCUT2D eigenvalue weighted by atomic mass is 79.9. The molecule has 1 heterocycles. The van der Waals surface area contributed by atoms with Gasteiger partial charge in [-0.25, -0.2) is 4.98 Å². The summed E-state index contributed by atoms with van der Waals surface area (Å²) in [5.74, 6) is 0.898. The average Bonchev–Trinajstić information content (AvgIpc) is 2.03. The first kappa shape index (κ1) is 10.0. The van der Waals surface area contributed by atoms with Gasteiger partial charge in [-0.15, -0.1) is 11.8 Å². The van der Waals surface area contributed by atoms with Crippen molar-refractivity contribution in [3.8, 4) is 0 Å². The van der Waals surface area contributed by atoms with Crippen LogP contribution < -0.4 is 5.73 Å². The van der Waals surface area contributed by atoms with E-state index in [1.54, 1.807) is 18.0 Å². The number of nitrogens with zero attached hydrogens (tertiary/aromatic N) is 1. The summed E-state index contributed by atoms with van der Waals surface area (Å²) in [5.41, 5.74) is 5.63. The van der Waals surface area contributed by atoms with Gasteiger partial charge in [0.2, 0.25) is 0 Å².